The van der Waals surface area contributed by atoms with Gasteiger partial charge in [-0.2, -0.15) is 0 Å². The molecule has 1 saturated heterocycles. The third kappa shape index (κ3) is 2.65. The second-order valence-electron chi connectivity index (χ2n) is 3.82. The number of hydrogen-bond donors (Lipinski definition) is 1. The van der Waals surface area contributed by atoms with E-state index in [1.54, 1.807) is 7.11 Å². The van der Waals surface area contributed by atoms with Gasteiger partial charge in [-0.25, -0.2) is 0 Å². The molecule has 1 fully saturated rings. The van der Waals surface area contributed by atoms with Crippen molar-refractivity contribution in [1.29, 1.82) is 0 Å². The molecule has 1 aromatic rings. The number of nitrogens with two attached hydrogens (primary N) is 1. The molecular formula is C12H17NO3. The molecule has 0 aromatic heterocycles. The molecule has 0 radical (unpaired) electrons. The molecule has 0 spiro atoms. The lowest BCUT2D eigenvalue weighted by atomic mass is 10.2. The Bertz CT molecular complexity index is 326. The quantitative estimate of drug-likeness (QED) is 0.836. The highest BCUT2D eigenvalue weighted by Gasteiger charge is 2.17. The first-order chi connectivity index (χ1) is 7.81. The SMILES string of the molecule is COc1cc(CN)cc(OC2CCOC2)c1. The summed E-state index contributed by atoms with van der Waals surface area (Å²) in [6.07, 6.45) is 1.09. The van der Waals surface area contributed by atoms with E-state index in [4.69, 9.17) is 19.9 Å². The van der Waals surface area contributed by atoms with E-state index in [0.29, 0.717) is 13.2 Å². The van der Waals surface area contributed by atoms with E-state index < -0.39 is 0 Å². The Morgan fingerprint density at radius 1 is 1.38 bits per heavy atom. The van der Waals surface area contributed by atoms with Crippen molar-refractivity contribution in [2.24, 2.45) is 5.73 Å². The van der Waals surface area contributed by atoms with Gasteiger partial charge in [0.1, 0.15) is 17.6 Å². The minimum absolute atomic E-state index is 0.151. The van der Waals surface area contributed by atoms with Crippen LogP contribution in [-0.4, -0.2) is 26.4 Å². The Hall–Kier alpha value is -1.26. The maximum absolute atomic E-state index is 5.80. The van der Waals surface area contributed by atoms with Crippen LogP contribution in [0.25, 0.3) is 0 Å². The molecule has 0 saturated carbocycles. The summed E-state index contributed by atoms with van der Waals surface area (Å²) in [7, 11) is 1.64. The number of rotatable bonds is 4. The van der Waals surface area contributed by atoms with Gasteiger partial charge < -0.3 is 19.9 Å². The van der Waals surface area contributed by atoms with Crippen LogP contribution in [0, 0.1) is 0 Å². The van der Waals surface area contributed by atoms with E-state index in [1.807, 2.05) is 18.2 Å². The molecule has 1 aromatic carbocycles. The Labute approximate surface area is 95.3 Å². The Morgan fingerprint density at radius 2 is 2.19 bits per heavy atom. The second kappa shape index (κ2) is 5.18. The Morgan fingerprint density at radius 3 is 2.81 bits per heavy atom. The highest BCUT2D eigenvalue weighted by molar-refractivity contribution is 5.38. The van der Waals surface area contributed by atoms with Crippen LogP contribution < -0.4 is 15.2 Å². The third-order valence-electron chi connectivity index (χ3n) is 2.60. The smallest absolute Gasteiger partial charge is 0.124 e. The summed E-state index contributed by atoms with van der Waals surface area (Å²) < 4.78 is 16.3. The molecule has 1 aliphatic rings. The molecule has 4 heteroatoms. The lowest BCUT2D eigenvalue weighted by Gasteiger charge is -2.13. The predicted molar refractivity (Wildman–Crippen MR) is 60.7 cm³/mol. The highest BCUT2D eigenvalue weighted by atomic mass is 16.5. The third-order valence-corrected chi connectivity index (χ3v) is 2.60. The van der Waals surface area contributed by atoms with E-state index in [2.05, 4.69) is 0 Å². The summed E-state index contributed by atoms with van der Waals surface area (Å²) in [6, 6.07) is 5.73. The summed E-state index contributed by atoms with van der Waals surface area (Å²) in [6.45, 7) is 1.92. The first kappa shape index (κ1) is 11.2. The fourth-order valence-electron chi connectivity index (χ4n) is 1.73. The zero-order valence-electron chi connectivity index (χ0n) is 9.44. The predicted octanol–water partition coefficient (Wildman–Crippen LogP) is 1.32. The molecule has 16 heavy (non-hydrogen) atoms. The normalized spacial score (nSPS) is 19.8. The number of ether oxygens (including phenoxy) is 3. The summed E-state index contributed by atoms with van der Waals surface area (Å²) in [5.74, 6) is 1.58. The molecule has 0 bridgehead atoms. The maximum Gasteiger partial charge on any atom is 0.124 e. The minimum Gasteiger partial charge on any atom is -0.497 e. The molecule has 2 rings (SSSR count). The first-order valence-electron chi connectivity index (χ1n) is 5.44. The van der Waals surface area contributed by atoms with Crippen LogP contribution in [0.5, 0.6) is 11.5 Å². The standard InChI is InChI=1S/C12H17NO3/c1-14-11-4-9(7-13)5-12(6-11)16-10-2-3-15-8-10/h4-6,10H,2-3,7-8,13H2,1H3. The number of benzene rings is 1. The topological polar surface area (TPSA) is 53.7 Å². The van der Waals surface area contributed by atoms with Crippen LogP contribution in [0.2, 0.25) is 0 Å². The van der Waals surface area contributed by atoms with Gasteiger partial charge in [0.05, 0.1) is 20.3 Å². The summed E-state index contributed by atoms with van der Waals surface area (Å²) in [4.78, 5) is 0. The monoisotopic (exact) mass is 223 g/mol. The summed E-state index contributed by atoms with van der Waals surface area (Å²) in [5, 5.41) is 0. The van der Waals surface area contributed by atoms with E-state index in [-0.39, 0.29) is 6.10 Å². The summed E-state index contributed by atoms with van der Waals surface area (Å²) in [5.41, 5.74) is 6.62. The van der Waals surface area contributed by atoms with Gasteiger partial charge in [-0.1, -0.05) is 0 Å². The van der Waals surface area contributed by atoms with E-state index in [0.717, 1.165) is 30.1 Å². The van der Waals surface area contributed by atoms with Crippen molar-refractivity contribution < 1.29 is 14.2 Å². The maximum atomic E-state index is 5.80. The van der Waals surface area contributed by atoms with E-state index >= 15 is 0 Å². The largest absolute Gasteiger partial charge is 0.497 e. The van der Waals surface area contributed by atoms with Crippen LogP contribution in [0.4, 0.5) is 0 Å². The lowest BCUT2D eigenvalue weighted by Crippen LogP contribution is -2.15. The highest BCUT2D eigenvalue weighted by Crippen LogP contribution is 2.24. The zero-order valence-corrected chi connectivity index (χ0v) is 9.44. The lowest BCUT2D eigenvalue weighted by molar-refractivity contribution is 0.141. The van der Waals surface area contributed by atoms with E-state index in [9.17, 15) is 0 Å². The van der Waals surface area contributed by atoms with Gasteiger partial charge >= 0.3 is 0 Å². The molecule has 88 valence electrons. The molecule has 1 atom stereocenters. The average molecular weight is 223 g/mol. The fourth-order valence-corrected chi connectivity index (χ4v) is 1.73. The van der Waals surface area contributed by atoms with Crippen molar-refractivity contribution in [1.82, 2.24) is 0 Å². The Balaban J connectivity index is 2.12. The van der Waals surface area contributed by atoms with Crippen molar-refractivity contribution in [3.05, 3.63) is 23.8 Å². The van der Waals surface area contributed by atoms with Gasteiger partial charge in [0.25, 0.3) is 0 Å². The van der Waals surface area contributed by atoms with Crippen molar-refractivity contribution in [3.63, 3.8) is 0 Å². The molecular weight excluding hydrogens is 206 g/mol. The van der Waals surface area contributed by atoms with Gasteiger partial charge in [0.2, 0.25) is 0 Å². The molecule has 1 heterocycles. The van der Waals surface area contributed by atoms with Gasteiger partial charge in [-0.3, -0.25) is 0 Å². The zero-order chi connectivity index (χ0) is 11.4. The van der Waals surface area contributed by atoms with Crippen LogP contribution in [0.1, 0.15) is 12.0 Å². The van der Waals surface area contributed by atoms with Crippen molar-refractivity contribution in [2.45, 2.75) is 19.1 Å². The molecule has 2 N–H and O–H groups in total. The van der Waals surface area contributed by atoms with Crippen molar-refractivity contribution in [2.75, 3.05) is 20.3 Å². The fraction of sp³-hybridized carbons (Fsp3) is 0.500. The molecule has 4 nitrogen and oxygen atoms in total. The summed E-state index contributed by atoms with van der Waals surface area (Å²) >= 11 is 0. The van der Waals surface area contributed by atoms with Crippen molar-refractivity contribution in [3.8, 4) is 11.5 Å². The van der Waals surface area contributed by atoms with Crippen LogP contribution in [-0.2, 0) is 11.3 Å². The van der Waals surface area contributed by atoms with Gasteiger partial charge in [0.15, 0.2) is 0 Å². The number of hydrogen-bond acceptors (Lipinski definition) is 4. The van der Waals surface area contributed by atoms with E-state index in [1.165, 1.54) is 0 Å². The average Bonchev–Trinajstić information content (AvgIpc) is 2.81. The molecule has 1 aliphatic heterocycles. The van der Waals surface area contributed by atoms with Gasteiger partial charge in [0, 0.05) is 19.0 Å². The van der Waals surface area contributed by atoms with Crippen molar-refractivity contribution >= 4 is 0 Å². The first-order valence-corrected chi connectivity index (χ1v) is 5.44. The van der Waals surface area contributed by atoms with Crippen LogP contribution >= 0.6 is 0 Å². The van der Waals surface area contributed by atoms with Gasteiger partial charge in [-0.05, 0) is 17.7 Å². The molecule has 1 unspecified atom stereocenters. The minimum atomic E-state index is 0.151. The second-order valence-corrected chi connectivity index (χ2v) is 3.82. The van der Waals surface area contributed by atoms with Gasteiger partial charge in [-0.15, -0.1) is 0 Å². The van der Waals surface area contributed by atoms with Crippen LogP contribution in [0.15, 0.2) is 18.2 Å². The Kier molecular flexibility index (Phi) is 3.64. The molecule has 0 amide bonds. The van der Waals surface area contributed by atoms with Crippen LogP contribution in [0.3, 0.4) is 0 Å². The molecule has 0 aliphatic carbocycles. The number of methoxy groups -OCH3 is 1.